The smallest absolute Gasteiger partial charge is 0.274 e. The van der Waals surface area contributed by atoms with Crippen molar-refractivity contribution in [3.05, 3.63) is 40.3 Å². The van der Waals surface area contributed by atoms with Gasteiger partial charge in [-0.2, -0.15) is 5.10 Å². The molecule has 2 rings (SSSR count). The molecule has 0 atom stereocenters. The number of rotatable bonds is 3. The molecule has 0 unspecified atom stereocenters. The maximum Gasteiger partial charge on any atom is 0.274 e. The van der Waals surface area contributed by atoms with Crippen molar-refractivity contribution < 1.29 is 4.79 Å². The van der Waals surface area contributed by atoms with E-state index in [9.17, 15) is 9.59 Å². The van der Waals surface area contributed by atoms with Gasteiger partial charge < -0.3 is 5.32 Å². The van der Waals surface area contributed by atoms with E-state index in [0.29, 0.717) is 23.0 Å². The number of aromatic nitrogens is 2. The summed E-state index contributed by atoms with van der Waals surface area (Å²) in [5, 5.41) is 7.87. The maximum absolute atomic E-state index is 12.3. The van der Waals surface area contributed by atoms with Crippen LogP contribution in [-0.4, -0.2) is 22.7 Å². The number of carbonyl (C=O) groups excluding carboxylic acids is 1. The molecular weight excluding hydrogens is 242 g/mol. The standard InChI is InChI=1S/C14H17N3O2/c1-9(2)8-17-14(19)11-7-5-4-6-10(11)12(16-17)13(18)15-3/h4-7,9H,8H2,1-3H3,(H,15,18). The molecule has 0 aliphatic carbocycles. The van der Waals surface area contributed by atoms with E-state index >= 15 is 0 Å². The highest BCUT2D eigenvalue weighted by molar-refractivity contribution is 6.04. The minimum Gasteiger partial charge on any atom is -0.354 e. The second kappa shape index (κ2) is 5.22. The topological polar surface area (TPSA) is 64.0 Å². The zero-order valence-electron chi connectivity index (χ0n) is 11.3. The van der Waals surface area contributed by atoms with Gasteiger partial charge >= 0.3 is 0 Å². The average Bonchev–Trinajstić information content (AvgIpc) is 2.40. The van der Waals surface area contributed by atoms with Crippen LogP contribution in [0, 0.1) is 5.92 Å². The van der Waals surface area contributed by atoms with Crippen LogP contribution in [-0.2, 0) is 6.54 Å². The molecule has 5 nitrogen and oxygen atoms in total. The molecule has 0 spiro atoms. The predicted octanol–water partition coefficient (Wildman–Crippen LogP) is 1.41. The highest BCUT2D eigenvalue weighted by atomic mass is 16.2. The predicted molar refractivity (Wildman–Crippen MR) is 74.2 cm³/mol. The van der Waals surface area contributed by atoms with E-state index in [-0.39, 0.29) is 17.4 Å². The van der Waals surface area contributed by atoms with Crippen LogP contribution < -0.4 is 10.9 Å². The van der Waals surface area contributed by atoms with Gasteiger partial charge in [0, 0.05) is 19.0 Å². The lowest BCUT2D eigenvalue weighted by Gasteiger charge is -2.11. The number of fused-ring (bicyclic) bond motifs is 1. The largest absolute Gasteiger partial charge is 0.354 e. The highest BCUT2D eigenvalue weighted by Crippen LogP contribution is 2.13. The van der Waals surface area contributed by atoms with Crippen molar-refractivity contribution in [1.82, 2.24) is 15.1 Å². The molecule has 100 valence electrons. The lowest BCUT2D eigenvalue weighted by atomic mass is 10.1. The van der Waals surface area contributed by atoms with Crippen molar-refractivity contribution in [2.45, 2.75) is 20.4 Å². The van der Waals surface area contributed by atoms with Crippen molar-refractivity contribution in [3.8, 4) is 0 Å². The van der Waals surface area contributed by atoms with Crippen LogP contribution in [0.4, 0.5) is 0 Å². The van der Waals surface area contributed by atoms with E-state index in [2.05, 4.69) is 10.4 Å². The van der Waals surface area contributed by atoms with E-state index in [1.807, 2.05) is 13.8 Å². The summed E-state index contributed by atoms with van der Waals surface area (Å²) in [5.74, 6) is -0.00222. The van der Waals surface area contributed by atoms with Gasteiger partial charge in [-0.1, -0.05) is 32.0 Å². The summed E-state index contributed by atoms with van der Waals surface area (Å²) in [4.78, 5) is 24.2. The molecule has 19 heavy (non-hydrogen) atoms. The quantitative estimate of drug-likeness (QED) is 0.906. The molecule has 2 aromatic rings. The maximum atomic E-state index is 12.3. The Morgan fingerprint density at radius 1 is 1.32 bits per heavy atom. The van der Waals surface area contributed by atoms with E-state index in [0.717, 1.165) is 0 Å². The van der Waals surface area contributed by atoms with Gasteiger partial charge in [-0.05, 0) is 12.0 Å². The van der Waals surface area contributed by atoms with E-state index in [1.165, 1.54) is 4.68 Å². The van der Waals surface area contributed by atoms with Crippen LogP contribution >= 0.6 is 0 Å². The molecule has 0 saturated carbocycles. The number of hydrogen-bond acceptors (Lipinski definition) is 3. The van der Waals surface area contributed by atoms with Crippen molar-refractivity contribution in [1.29, 1.82) is 0 Å². The summed E-state index contributed by atoms with van der Waals surface area (Å²) in [7, 11) is 1.55. The fourth-order valence-electron chi connectivity index (χ4n) is 1.99. The van der Waals surface area contributed by atoms with Crippen LogP contribution in [0.5, 0.6) is 0 Å². The lowest BCUT2D eigenvalue weighted by Crippen LogP contribution is -2.30. The van der Waals surface area contributed by atoms with Gasteiger partial charge in [0.25, 0.3) is 11.5 Å². The van der Waals surface area contributed by atoms with E-state index in [1.54, 1.807) is 31.3 Å². The van der Waals surface area contributed by atoms with Gasteiger partial charge in [0.1, 0.15) is 0 Å². The van der Waals surface area contributed by atoms with Crippen LogP contribution in [0.2, 0.25) is 0 Å². The first kappa shape index (κ1) is 13.3. The minimum atomic E-state index is -0.284. The molecule has 1 aromatic carbocycles. The first-order valence-electron chi connectivity index (χ1n) is 6.26. The molecule has 1 aromatic heterocycles. The molecule has 0 aliphatic heterocycles. The Kier molecular flexibility index (Phi) is 3.64. The summed E-state index contributed by atoms with van der Waals surface area (Å²) in [6, 6.07) is 7.05. The second-order valence-corrected chi connectivity index (χ2v) is 4.85. The third-order valence-electron chi connectivity index (χ3n) is 2.85. The molecule has 1 amide bonds. The minimum absolute atomic E-state index is 0.156. The summed E-state index contributed by atoms with van der Waals surface area (Å²) < 4.78 is 1.37. The zero-order chi connectivity index (χ0) is 14.0. The van der Waals surface area contributed by atoms with Gasteiger partial charge in [0.15, 0.2) is 5.69 Å². The molecular formula is C14H17N3O2. The third kappa shape index (κ3) is 2.50. The summed E-state index contributed by atoms with van der Waals surface area (Å²) >= 11 is 0. The van der Waals surface area contributed by atoms with Crippen LogP contribution in [0.1, 0.15) is 24.3 Å². The fraction of sp³-hybridized carbons (Fsp3) is 0.357. The first-order valence-corrected chi connectivity index (χ1v) is 6.26. The molecule has 0 aliphatic rings. The Bertz CT molecular complexity index is 674. The Balaban J connectivity index is 2.76. The van der Waals surface area contributed by atoms with Crippen LogP contribution in [0.15, 0.2) is 29.1 Å². The summed E-state index contributed by atoms with van der Waals surface area (Å²) in [5.41, 5.74) is 0.135. The van der Waals surface area contributed by atoms with Crippen molar-refractivity contribution >= 4 is 16.7 Å². The Hall–Kier alpha value is -2.17. The molecule has 1 N–H and O–H groups in total. The molecule has 1 heterocycles. The normalized spacial score (nSPS) is 10.9. The van der Waals surface area contributed by atoms with Crippen molar-refractivity contribution in [2.24, 2.45) is 5.92 Å². The van der Waals surface area contributed by atoms with E-state index < -0.39 is 0 Å². The van der Waals surface area contributed by atoms with Crippen molar-refractivity contribution in [3.63, 3.8) is 0 Å². The van der Waals surface area contributed by atoms with Gasteiger partial charge in [-0.3, -0.25) is 9.59 Å². The number of amides is 1. The van der Waals surface area contributed by atoms with Crippen LogP contribution in [0.25, 0.3) is 10.8 Å². The first-order chi connectivity index (χ1) is 9.04. The van der Waals surface area contributed by atoms with Gasteiger partial charge in [-0.25, -0.2) is 4.68 Å². The molecule has 0 radical (unpaired) electrons. The zero-order valence-corrected chi connectivity index (χ0v) is 11.3. The summed E-state index contributed by atoms with van der Waals surface area (Å²) in [6.45, 7) is 4.50. The van der Waals surface area contributed by atoms with E-state index in [4.69, 9.17) is 0 Å². The monoisotopic (exact) mass is 259 g/mol. The lowest BCUT2D eigenvalue weighted by molar-refractivity contribution is 0.0957. The summed E-state index contributed by atoms with van der Waals surface area (Å²) in [6.07, 6.45) is 0. The Labute approximate surface area is 111 Å². The average molecular weight is 259 g/mol. The SMILES string of the molecule is CNC(=O)c1nn(CC(C)C)c(=O)c2ccccc12. The van der Waals surface area contributed by atoms with Crippen molar-refractivity contribution in [2.75, 3.05) is 7.05 Å². The Morgan fingerprint density at radius 3 is 2.53 bits per heavy atom. The Morgan fingerprint density at radius 2 is 1.95 bits per heavy atom. The van der Waals surface area contributed by atoms with Gasteiger partial charge in [-0.15, -0.1) is 0 Å². The number of nitrogens with zero attached hydrogens (tertiary/aromatic N) is 2. The molecule has 0 fully saturated rings. The second-order valence-electron chi connectivity index (χ2n) is 4.85. The number of hydrogen-bond donors (Lipinski definition) is 1. The third-order valence-corrected chi connectivity index (χ3v) is 2.85. The van der Waals surface area contributed by atoms with Crippen LogP contribution in [0.3, 0.4) is 0 Å². The van der Waals surface area contributed by atoms with Gasteiger partial charge in [0.2, 0.25) is 0 Å². The number of carbonyl (C=O) groups is 1. The molecule has 0 bridgehead atoms. The molecule has 0 saturated heterocycles. The highest BCUT2D eigenvalue weighted by Gasteiger charge is 2.15. The fourth-order valence-corrected chi connectivity index (χ4v) is 1.99. The number of benzene rings is 1. The van der Waals surface area contributed by atoms with Gasteiger partial charge in [0.05, 0.1) is 5.39 Å². The number of nitrogens with one attached hydrogen (secondary N) is 1. The molecule has 5 heteroatoms.